The summed E-state index contributed by atoms with van der Waals surface area (Å²) in [4.78, 5) is 23.1. The molecule has 1 atom stereocenters. The second kappa shape index (κ2) is 6.00. The average molecular weight is 232 g/mol. The third-order valence-corrected chi connectivity index (χ3v) is 2.20. The number of carbonyl (C=O) groups excluding carboxylic acids is 2. The van der Waals surface area contributed by atoms with Crippen LogP contribution in [0, 0.1) is 5.41 Å². The second-order valence-corrected chi connectivity index (χ2v) is 4.72. The van der Waals surface area contributed by atoms with Crippen LogP contribution in [0.25, 0.3) is 0 Å². The Morgan fingerprint density at radius 2 is 1.87 bits per heavy atom. The van der Waals surface area contributed by atoms with Gasteiger partial charge in [0.05, 0.1) is 0 Å². The zero-order valence-electron chi connectivity index (χ0n) is 9.76. The highest BCUT2D eigenvalue weighted by Crippen LogP contribution is 2.12. The molecule has 0 aliphatic rings. The number of likely N-dealkylation sites (N-methyl/N-ethyl adjacent to an activating group) is 1. The largest absolute Gasteiger partial charge is 0.355 e. The van der Waals surface area contributed by atoms with E-state index >= 15 is 0 Å². The quantitative estimate of drug-likeness (QED) is 0.621. The predicted molar refractivity (Wildman–Crippen MR) is 63.9 cm³/mol. The Hall–Kier alpha value is -0.710. The van der Waals surface area contributed by atoms with Gasteiger partial charge in [-0.15, -0.1) is 0 Å². The van der Waals surface area contributed by atoms with Crippen molar-refractivity contribution in [2.24, 2.45) is 5.41 Å². The molecule has 0 aromatic heterocycles. The standard InChI is InChI=1S/C10H20N2O2S/c1-5-11-8(13)7(6-15)12-9(14)10(2,3)4/h7,15H,5-6H2,1-4H3,(H,11,13)(H,12,14). The Morgan fingerprint density at radius 1 is 1.33 bits per heavy atom. The van der Waals surface area contributed by atoms with Crippen molar-refractivity contribution in [2.45, 2.75) is 33.7 Å². The first-order valence-electron chi connectivity index (χ1n) is 5.02. The van der Waals surface area contributed by atoms with Gasteiger partial charge in [0.1, 0.15) is 6.04 Å². The van der Waals surface area contributed by atoms with Crippen molar-refractivity contribution in [1.29, 1.82) is 0 Å². The number of amides is 2. The first-order chi connectivity index (χ1) is 6.82. The van der Waals surface area contributed by atoms with Crippen molar-refractivity contribution in [1.82, 2.24) is 10.6 Å². The molecule has 0 aromatic carbocycles. The number of rotatable bonds is 4. The molecule has 4 nitrogen and oxygen atoms in total. The summed E-state index contributed by atoms with van der Waals surface area (Å²) in [5.41, 5.74) is -0.492. The van der Waals surface area contributed by atoms with Crippen molar-refractivity contribution in [3.05, 3.63) is 0 Å². The fourth-order valence-electron chi connectivity index (χ4n) is 0.866. The van der Waals surface area contributed by atoms with Crippen LogP contribution in [0.4, 0.5) is 0 Å². The molecule has 1 unspecified atom stereocenters. The molecule has 15 heavy (non-hydrogen) atoms. The maximum atomic E-state index is 11.6. The SMILES string of the molecule is CCNC(=O)C(CS)NC(=O)C(C)(C)C. The van der Waals surface area contributed by atoms with Gasteiger partial charge in [-0.05, 0) is 6.92 Å². The summed E-state index contributed by atoms with van der Waals surface area (Å²) in [5.74, 6) is -0.0360. The normalized spacial score (nSPS) is 13.1. The summed E-state index contributed by atoms with van der Waals surface area (Å²) < 4.78 is 0. The summed E-state index contributed by atoms with van der Waals surface area (Å²) in [7, 11) is 0. The van der Waals surface area contributed by atoms with E-state index in [4.69, 9.17) is 0 Å². The van der Waals surface area contributed by atoms with E-state index in [1.54, 1.807) is 20.8 Å². The van der Waals surface area contributed by atoms with Gasteiger partial charge in [0.2, 0.25) is 11.8 Å². The molecule has 0 fully saturated rings. The van der Waals surface area contributed by atoms with Gasteiger partial charge in [-0.1, -0.05) is 20.8 Å². The molecule has 0 aliphatic carbocycles. The summed E-state index contributed by atoms with van der Waals surface area (Å²) in [6, 6.07) is -0.556. The maximum Gasteiger partial charge on any atom is 0.243 e. The highest BCUT2D eigenvalue weighted by Gasteiger charge is 2.26. The number of carbonyl (C=O) groups is 2. The molecule has 0 radical (unpaired) electrons. The van der Waals surface area contributed by atoms with E-state index < -0.39 is 11.5 Å². The monoisotopic (exact) mass is 232 g/mol. The number of thiol groups is 1. The van der Waals surface area contributed by atoms with Crippen LogP contribution in [-0.4, -0.2) is 30.2 Å². The molecule has 0 aromatic rings. The van der Waals surface area contributed by atoms with Crippen molar-refractivity contribution in [3.63, 3.8) is 0 Å². The lowest BCUT2D eigenvalue weighted by Gasteiger charge is -2.22. The fourth-order valence-corrected chi connectivity index (χ4v) is 1.12. The molecule has 88 valence electrons. The minimum Gasteiger partial charge on any atom is -0.355 e. The zero-order valence-corrected chi connectivity index (χ0v) is 10.6. The van der Waals surface area contributed by atoms with E-state index in [1.165, 1.54) is 0 Å². The molecule has 0 saturated heterocycles. The predicted octanol–water partition coefficient (Wildman–Crippen LogP) is 0.583. The Labute approximate surface area is 96.6 Å². The molecule has 0 aliphatic heterocycles. The molecular weight excluding hydrogens is 212 g/mol. The molecule has 0 bridgehead atoms. The lowest BCUT2D eigenvalue weighted by Crippen LogP contribution is -2.50. The van der Waals surface area contributed by atoms with Crippen molar-refractivity contribution >= 4 is 24.4 Å². The molecule has 0 rings (SSSR count). The Kier molecular flexibility index (Phi) is 5.72. The smallest absolute Gasteiger partial charge is 0.243 e. The van der Waals surface area contributed by atoms with Gasteiger partial charge in [-0.25, -0.2) is 0 Å². The van der Waals surface area contributed by atoms with Gasteiger partial charge >= 0.3 is 0 Å². The van der Waals surface area contributed by atoms with Crippen LogP contribution < -0.4 is 10.6 Å². The van der Waals surface area contributed by atoms with Crippen LogP contribution in [0.5, 0.6) is 0 Å². The van der Waals surface area contributed by atoms with Crippen LogP contribution in [0.2, 0.25) is 0 Å². The van der Waals surface area contributed by atoms with Crippen LogP contribution >= 0.6 is 12.6 Å². The number of hydrogen-bond acceptors (Lipinski definition) is 3. The summed E-state index contributed by atoms with van der Waals surface area (Å²) in [6.45, 7) is 7.79. The van der Waals surface area contributed by atoms with Gasteiger partial charge in [-0.2, -0.15) is 12.6 Å². The fraction of sp³-hybridized carbons (Fsp3) is 0.800. The summed E-state index contributed by atoms with van der Waals surface area (Å²) in [6.07, 6.45) is 0. The maximum absolute atomic E-state index is 11.6. The molecule has 2 amide bonds. The van der Waals surface area contributed by atoms with Gasteiger partial charge in [0.25, 0.3) is 0 Å². The van der Waals surface area contributed by atoms with Crippen LogP contribution in [0.1, 0.15) is 27.7 Å². The van der Waals surface area contributed by atoms with E-state index in [0.29, 0.717) is 12.3 Å². The average Bonchev–Trinajstić information content (AvgIpc) is 2.12. The van der Waals surface area contributed by atoms with E-state index in [9.17, 15) is 9.59 Å². The Balaban J connectivity index is 4.34. The first-order valence-corrected chi connectivity index (χ1v) is 5.65. The highest BCUT2D eigenvalue weighted by molar-refractivity contribution is 7.80. The minimum atomic E-state index is -0.556. The number of nitrogens with one attached hydrogen (secondary N) is 2. The van der Waals surface area contributed by atoms with Crippen LogP contribution in [0.3, 0.4) is 0 Å². The Morgan fingerprint density at radius 3 is 2.20 bits per heavy atom. The van der Waals surface area contributed by atoms with Gasteiger partial charge in [0, 0.05) is 17.7 Å². The number of hydrogen-bond donors (Lipinski definition) is 3. The minimum absolute atomic E-state index is 0.146. The topological polar surface area (TPSA) is 58.2 Å². The van der Waals surface area contributed by atoms with E-state index in [-0.39, 0.29) is 11.8 Å². The molecule has 0 saturated carbocycles. The van der Waals surface area contributed by atoms with Crippen molar-refractivity contribution in [3.8, 4) is 0 Å². The lowest BCUT2D eigenvalue weighted by molar-refractivity contribution is -0.133. The molecule has 0 heterocycles. The summed E-state index contributed by atoms with van der Waals surface area (Å²) >= 11 is 4.04. The van der Waals surface area contributed by atoms with Crippen LogP contribution in [0.15, 0.2) is 0 Å². The van der Waals surface area contributed by atoms with Crippen molar-refractivity contribution in [2.75, 3.05) is 12.3 Å². The third-order valence-electron chi connectivity index (χ3n) is 1.84. The third kappa shape index (κ3) is 5.06. The van der Waals surface area contributed by atoms with Gasteiger partial charge in [0.15, 0.2) is 0 Å². The lowest BCUT2D eigenvalue weighted by atomic mass is 9.95. The van der Waals surface area contributed by atoms with Crippen molar-refractivity contribution < 1.29 is 9.59 Å². The van der Waals surface area contributed by atoms with Crippen LogP contribution in [-0.2, 0) is 9.59 Å². The molecule has 0 spiro atoms. The van der Waals surface area contributed by atoms with E-state index in [2.05, 4.69) is 23.3 Å². The highest BCUT2D eigenvalue weighted by atomic mass is 32.1. The van der Waals surface area contributed by atoms with E-state index in [0.717, 1.165) is 0 Å². The molecular formula is C10H20N2O2S. The molecule has 5 heteroatoms. The Bertz CT molecular complexity index is 236. The first kappa shape index (κ1) is 14.3. The summed E-state index contributed by atoms with van der Waals surface area (Å²) in [5, 5.41) is 5.31. The molecule has 2 N–H and O–H groups in total. The van der Waals surface area contributed by atoms with Gasteiger partial charge in [-0.3, -0.25) is 9.59 Å². The second-order valence-electron chi connectivity index (χ2n) is 4.35. The zero-order chi connectivity index (χ0) is 12.1. The van der Waals surface area contributed by atoms with E-state index in [1.807, 2.05) is 6.92 Å². The van der Waals surface area contributed by atoms with Gasteiger partial charge < -0.3 is 10.6 Å².